The molecule has 0 aliphatic rings. The Labute approximate surface area is 429 Å². The van der Waals surface area contributed by atoms with Crippen LogP contribution in [0.25, 0.3) is 0 Å². The fourth-order valence-electron chi connectivity index (χ4n) is 7.27. The number of nitrogens with one attached hydrogen (secondary N) is 9. The minimum atomic E-state index is -0.643. The Kier molecular flexibility index (Phi) is 18.2. The van der Waals surface area contributed by atoms with Crippen molar-refractivity contribution in [3.63, 3.8) is 0 Å². The van der Waals surface area contributed by atoms with Gasteiger partial charge in [-0.25, -0.2) is 19.9 Å². The summed E-state index contributed by atoms with van der Waals surface area (Å²) < 4.78 is 8.85. The summed E-state index contributed by atoms with van der Waals surface area (Å²) in [4.78, 5) is 134. The van der Waals surface area contributed by atoms with Crippen LogP contribution in [0.4, 0.5) is 28.8 Å². The fourth-order valence-corrected chi connectivity index (χ4v) is 7.27. The van der Waals surface area contributed by atoms with Crippen molar-refractivity contribution in [2.75, 3.05) is 73.4 Å². The maximum atomic E-state index is 13.2. The van der Waals surface area contributed by atoms with Gasteiger partial charge in [0, 0.05) is 125 Å². The molecule has 0 fully saturated rings. The van der Waals surface area contributed by atoms with Gasteiger partial charge in [0.05, 0.1) is 17.7 Å². The van der Waals surface area contributed by atoms with Crippen molar-refractivity contribution < 1.29 is 43.2 Å². The van der Waals surface area contributed by atoms with Crippen molar-refractivity contribution >= 4 is 82.0 Å². The molecule has 6 rings (SSSR count). The van der Waals surface area contributed by atoms with Crippen molar-refractivity contribution in [1.29, 1.82) is 0 Å². The average Bonchev–Trinajstić information content (AvgIpc) is 4.21. The van der Waals surface area contributed by atoms with Crippen molar-refractivity contribution in [2.24, 2.45) is 42.3 Å². The van der Waals surface area contributed by atoms with Crippen LogP contribution in [-0.4, -0.2) is 152 Å². The van der Waals surface area contributed by atoms with E-state index >= 15 is 0 Å². The molecule has 0 atom stereocenters. The smallest absolute Gasteiger partial charge is 0.291 e. The maximum Gasteiger partial charge on any atom is 0.291 e. The van der Waals surface area contributed by atoms with Gasteiger partial charge < -0.3 is 80.2 Å². The largest absolute Gasteiger partial charge is 0.356 e. The minimum Gasteiger partial charge on any atom is -0.356 e. The number of carbonyl (C=O) groups is 9. The second kappa shape index (κ2) is 24.8. The van der Waals surface area contributed by atoms with Crippen LogP contribution in [0.2, 0.25) is 0 Å². The molecule has 0 unspecified atom stereocenters. The van der Waals surface area contributed by atoms with Crippen LogP contribution in [0.5, 0.6) is 0 Å². The summed E-state index contributed by atoms with van der Waals surface area (Å²) in [6.45, 7) is 1.38. The quantitative estimate of drug-likeness (QED) is 0.0354. The van der Waals surface area contributed by atoms with Gasteiger partial charge in [0.15, 0.2) is 17.5 Å². The van der Waals surface area contributed by atoms with Gasteiger partial charge in [-0.05, 0) is 39.2 Å². The van der Waals surface area contributed by atoms with E-state index in [2.05, 4.69) is 67.8 Å². The van der Waals surface area contributed by atoms with Crippen LogP contribution in [0.3, 0.4) is 0 Å². The topological polar surface area (TPSA) is 346 Å². The van der Waals surface area contributed by atoms with Gasteiger partial charge in [0.1, 0.15) is 17.1 Å². The molecule has 0 radical (unpaired) electrons. The van der Waals surface area contributed by atoms with E-state index in [-0.39, 0.29) is 102 Å². The highest BCUT2D eigenvalue weighted by atomic mass is 16.2. The molecular weight excluding hydrogens is 977 g/mol. The number of hydrogen-bond acceptors (Lipinski definition) is 14. The summed E-state index contributed by atoms with van der Waals surface area (Å²) >= 11 is 0. The molecular formula is C46H60N20O9. The lowest BCUT2D eigenvalue weighted by atomic mass is 10.3. The predicted octanol–water partition coefficient (Wildman–Crippen LogP) is -0.240. The molecule has 0 spiro atoms. The Hall–Kier alpha value is -9.41. The lowest BCUT2D eigenvalue weighted by Gasteiger charge is -2.10. The Bertz CT molecular complexity index is 3110. The molecule has 6 heterocycles. The Balaban J connectivity index is 0.895. The van der Waals surface area contributed by atoms with Crippen molar-refractivity contribution in [3.8, 4) is 0 Å². The number of carbonyl (C=O) groups excluding carboxylic acids is 9. The third-order valence-electron chi connectivity index (χ3n) is 11.0. The number of nitrogens with zero attached hydrogens (tertiary/aromatic N) is 11. The lowest BCUT2D eigenvalue weighted by Crippen LogP contribution is -2.32. The zero-order valence-corrected chi connectivity index (χ0v) is 42.7. The van der Waals surface area contributed by atoms with Gasteiger partial charge in [0.25, 0.3) is 35.4 Å². The SMILES string of the molecule is CN(C)CCCNC(=O)CCNC(=O)c1cc(NC(=O)c2nc(NC(=O)CCNC(=O)c3cc(NC(=O)c4nc(NC(=O)CCNC(=O)c5nc(NC(=O)c6cn(C)cn6)cn5C)cn4C)cn3C)cn2C)cn1C. The number of anilines is 5. The van der Waals surface area contributed by atoms with Crippen LogP contribution >= 0.6 is 0 Å². The number of aromatic nitrogens is 10. The molecule has 398 valence electrons. The summed E-state index contributed by atoms with van der Waals surface area (Å²) in [7, 11) is 13.5. The molecule has 0 saturated heterocycles. The highest BCUT2D eigenvalue weighted by Gasteiger charge is 2.22. The van der Waals surface area contributed by atoms with Crippen molar-refractivity contribution in [3.05, 3.63) is 90.2 Å². The minimum absolute atomic E-state index is 0.00323. The molecule has 0 bridgehead atoms. The number of amides is 9. The Morgan fingerprint density at radius 3 is 1.32 bits per heavy atom. The monoisotopic (exact) mass is 1040 g/mol. The molecule has 75 heavy (non-hydrogen) atoms. The standard InChI is InChI=1S/C46H60N20O9/c1-60(2)17-9-13-47-35(67)10-14-48-42(71)30-18-27(20-62(30)4)52-45(74)39-56-32(23-65(39)7)54-36(68)11-15-49-43(72)31-19-28(21-63(31)5)53-46(75)40-57-33(24-66(40)8)55-37(69)12-16-50-44(73)38-58-34(25-64(38)6)59-41(70)29-22-61(3)26-51-29/h18-26H,9-17H2,1-8H3,(H,47,67)(H,48,71)(H,49,72)(H,50,73)(H,52,74)(H,53,75)(H,54,68)(H,55,69)(H,59,70). The molecule has 6 aromatic rings. The van der Waals surface area contributed by atoms with Gasteiger partial charge >= 0.3 is 0 Å². The summed E-state index contributed by atoms with van der Waals surface area (Å²) in [6, 6.07) is 2.92. The molecule has 9 N–H and O–H groups in total. The molecule has 0 aromatic carbocycles. The van der Waals surface area contributed by atoms with Gasteiger partial charge in [-0.1, -0.05) is 0 Å². The zero-order chi connectivity index (χ0) is 54.5. The highest BCUT2D eigenvalue weighted by molar-refractivity contribution is 6.05. The van der Waals surface area contributed by atoms with Crippen molar-refractivity contribution in [2.45, 2.75) is 25.7 Å². The molecule has 0 aliphatic carbocycles. The predicted molar refractivity (Wildman–Crippen MR) is 272 cm³/mol. The van der Waals surface area contributed by atoms with Crippen molar-refractivity contribution in [1.82, 2.24) is 73.5 Å². The van der Waals surface area contributed by atoms with E-state index in [1.54, 1.807) is 53.0 Å². The first-order chi connectivity index (χ1) is 35.6. The maximum absolute atomic E-state index is 13.2. The van der Waals surface area contributed by atoms with Gasteiger partial charge in [-0.2, -0.15) is 0 Å². The first kappa shape index (κ1) is 54.9. The van der Waals surface area contributed by atoms with E-state index in [1.807, 2.05) is 19.0 Å². The van der Waals surface area contributed by atoms with E-state index in [0.29, 0.717) is 12.2 Å². The molecule has 29 nitrogen and oxygen atoms in total. The van der Waals surface area contributed by atoms with Gasteiger partial charge in [-0.3, -0.25) is 43.2 Å². The Morgan fingerprint density at radius 2 is 0.880 bits per heavy atom. The van der Waals surface area contributed by atoms with Gasteiger partial charge in [-0.15, -0.1) is 0 Å². The fraction of sp³-hybridized carbons (Fsp3) is 0.370. The lowest BCUT2D eigenvalue weighted by molar-refractivity contribution is -0.121. The van der Waals surface area contributed by atoms with Crippen LogP contribution < -0.4 is 47.9 Å². The number of aryl methyl sites for hydroxylation is 6. The summed E-state index contributed by atoms with van der Waals surface area (Å²) in [5, 5.41) is 23.9. The second-order valence-corrected chi connectivity index (χ2v) is 17.5. The Morgan fingerprint density at radius 1 is 0.453 bits per heavy atom. The normalized spacial score (nSPS) is 10.9. The number of imidazole rings is 4. The van der Waals surface area contributed by atoms with Crippen LogP contribution in [0.1, 0.15) is 89.0 Å². The van der Waals surface area contributed by atoms with Crippen LogP contribution in [-0.2, 0) is 56.7 Å². The van der Waals surface area contributed by atoms with Crippen LogP contribution in [0, 0.1) is 0 Å². The zero-order valence-electron chi connectivity index (χ0n) is 42.7. The van der Waals surface area contributed by atoms with E-state index in [4.69, 9.17) is 0 Å². The molecule has 9 amide bonds. The van der Waals surface area contributed by atoms with Crippen LogP contribution in [0.15, 0.2) is 55.6 Å². The first-order valence-electron chi connectivity index (χ1n) is 23.3. The second-order valence-electron chi connectivity index (χ2n) is 17.5. The first-order valence-corrected chi connectivity index (χ1v) is 23.3. The molecule has 0 saturated carbocycles. The molecule has 29 heteroatoms. The number of hydrogen-bond donors (Lipinski definition) is 9. The average molecular weight is 1040 g/mol. The van der Waals surface area contributed by atoms with E-state index in [1.165, 1.54) is 72.3 Å². The molecule has 6 aromatic heterocycles. The third kappa shape index (κ3) is 15.3. The summed E-state index contributed by atoms with van der Waals surface area (Å²) in [5.41, 5.74) is 1.17. The summed E-state index contributed by atoms with van der Waals surface area (Å²) in [6.07, 6.45) is 11.0. The molecule has 0 aliphatic heterocycles. The van der Waals surface area contributed by atoms with E-state index in [0.717, 1.165) is 13.0 Å². The van der Waals surface area contributed by atoms with E-state index in [9.17, 15) is 43.2 Å². The highest BCUT2D eigenvalue weighted by Crippen LogP contribution is 2.18. The summed E-state index contributed by atoms with van der Waals surface area (Å²) in [5.74, 6) is -4.27. The number of rotatable bonds is 24. The van der Waals surface area contributed by atoms with Gasteiger partial charge in [0.2, 0.25) is 35.2 Å². The van der Waals surface area contributed by atoms with E-state index < -0.39 is 47.3 Å². The third-order valence-corrected chi connectivity index (χ3v) is 11.0.